The van der Waals surface area contributed by atoms with Crippen molar-refractivity contribution in [3.63, 3.8) is 0 Å². The predicted octanol–water partition coefficient (Wildman–Crippen LogP) is 0.395. The quantitative estimate of drug-likeness (QED) is 0.461. The minimum atomic E-state index is -0.302. The number of morpholine rings is 1. The number of rotatable bonds is 2. The van der Waals surface area contributed by atoms with Crippen molar-refractivity contribution in [1.29, 1.82) is 0 Å². The van der Waals surface area contributed by atoms with E-state index in [1.807, 2.05) is 6.92 Å². The number of carbonyl (C=O) groups is 1. The zero-order chi connectivity index (χ0) is 9.68. The second kappa shape index (κ2) is 4.87. The van der Waals surface area contributed by atoms with Crippen molar-refractivity contribution in [2.45, 2.75) is 6.92 Å². The average Bonchev–Trinajstić information content (AvgIpc) is 2.19. The summed E-state index contributed by atoms with van der Waals surface area (Å²) in [4.78, 5) is 13.0. The lowest BCUT2D eigenvalue weighted by Crippen LogP contribution is -2.35. The molecule has 0 aliphatic carbocycles. The van der Waals surface area contributed by atoms with Gasteiger partial charge in [0.05, 0.1) is 20.3 Å². The zero-order valence-corrected chi connectivity index (χ0v) is 8.08. The van der Waals surface area contributed by atoms with Crippen LogP contribution >= 0.6 is 0 Å². The number of allylic oxidation sites excluding steroid dienone is 1. The minimum absolute atomic E-state index is 0.302. The number of ether oxygens (including phenoxy) is 2. The van der Waals surface area contributed by atoms with Gasteiger partial charge < -0.3 is 14.4 Å². The third-order valence-electron chi connectivity index (χ3n) is 2.04. The van der Waals surface area contributed by atoms with E-state index in [1.165, 1.54) is 13.2 Å². The molecule has 1 rings (SSSR count). The first-order valence-corrected chi connectivity index (χ1v) is 4.33. The van der Waals surface area contributed by atoms with Gasteiger partial charge in [0.25, 0.3) is 0 Å². The van der Waals surface area contributed by atoms with Crippen LogP contribution in [0.5, 0.6) is 0 Å². The monoisotopic (exact) mass is 185 g/mol. The first kappa shape index (κ1) is 10.1. The highest BCUT2D eigenvalue weighted by atomic mass is 16.5. The van der Waals surface area contributed by atoms with Gasteiger partial charge in [0.2, 0.25) is 0 Å². The van der Waals surface area contributed by atoms with Crippen molar-refractivity contribution < 1.29 is 14.3 Å². The molecule has 4 nitrogen and oxygen atoms in total. The fraction of sp³-hybridized carbons (Fsp3) is 0.667. The maximum Gasteiger partial charge on any atom is 0.332 e. The molecule has 0 spiro atoms. The maximum absolute atomic E-state index is 10.9. The van der Waals surface area contributed by atoms with Crippen LogP contribution in [0.4, 0.5) is 0 Å². The fourth-order valence-electron chi connectivity index (χ4n) is 1.24. The van der Waals surface area contributed by atoms with Crippen LogP contribution in [0.15, 0.2) is 11.8 Å². The number of hydrogen-bond donors (Lipinski definition) is 0. The molecule has 0 saturated carbocycles. The topological polar surface area (TPSA) is 38.8 Å². The first-order chi connectivity index (χ1) is 6.24. The van der Waals surface area contributed by atoms with Crippen LogP contribution in [-0.2, 0) is 14.3 Å². The molecule has 4 heteroatoms. The lowest BCUT2D eigenvalue weighted by molar-refractivity contribution is -0.135. The smallest absolute Gasteiger partial charge is 0.332 e. The van der Waals surface area contributed by atoms with Crippen LogP contribution in [0.1, 0.15) is 6.92 Å². The van der Waals surface area contributed by atoms with E-state index in [1.54, 1.807) is 0 Å². The van der Waals surface area contributed by atoms with Crippen LogP contribution in [0.25, 0.3) is 0 Å². The molecule has 13 heavy (non-hydrogen) atoms. The molecule has 0 N–H and O–H groups in total. The van der Waals surface area contributed by atoms with Crippen LogP contribution in [0, 0.1) is 0 Å². The zero-order valence-electron chi connectivity index (χ0n) is 8.08. The lowest BCUT2D eigenvalue weighted by atomic mass is 10.3. The molecule has 1 aliphatic heterocycles. The molecule has 1 fully saturated rings. The molecular weight excluding hydrogens is 170 g/mol. The SMILES string of the molecule is COC(=O)/C=C(\C)N1CCOCC1. The molecular formula is C9H15NO3. The number of hydrogen-bond acceptors (Lipinski definition) is 4. The molecule has 74 valence electrons. The third kappa shape index (κ3) is 3.06. The van der Waals surface area contributed by atoms with Crippen molar-refractivity contribution >= 4 is 5.97 Å². The van der Waals surface area contributed by atoms with Crippen molar-refractivity contribution in [2.75, 3.05) is 33.4 Å². The summed E-state index contributed by atoms with van der Waals surface area (Å²) in [5.41, 5.74) is 0.940. The van der Waals surface area contributed by atoms with Gasteiger partial charge in [0.15, 0.2) is 0 Å². The molecule has 0 aromatic heterocycles. The lowest BCUT2D eigenvalue weighted by Gasteiger charge is -2.29. The predicted molar refractivity (Wildman–Crippen MR) is 48.2 cm³/mol. The summed E-state index contributed by atoms with van der Waals surface area (Å²) in [6.07, 6.45) is 1.51. The molecule has 0 aromatic carbocycles. The summed E-state index contributed by atoms with van der Waals surface area (Å²) >= 11 is 0. The van der Waals surface area contributed by atoms with Gasteiger partial charge in [-0.2, -0.15) is 0 Å². The Labute approximate surface area is 78.1 Å². The summed E-state index contributed by atoms with van der Waals surface area (Å²) < 4.78 is 9.73. The average molecular weight is 185 g/mol. The van der Waals surface area contributed by atoms with Gasteiger partial charge in [-0.05, 0) is 6.92 Å². The second-order valence-corrected chi connectivity index (χ2v) is 2.91. The molecule has 0 atom stereocenters. The van der Waals surface area contributed by atoms with E-state index < -0.39 is 0 Å². The van der Waals surface area contributed by atoms with Crippen molar-refractivity contribution in [2.24, 2.45) is 0 Å². The third-order valence-corrected chi connectivity index (χ3v) is 2.04. The number of methoxy groups -OCH3 is 1. The Hall–Kier alpha value is -1.03. The molecule has 0 bridgehead atoms. The minimum Gasteiger partial charge on any atom is -0.466 e. The Morgan fingerprint density at radius 2 is 2.08 bits per heavy atom. The summed E-state index contributed by atoms with van der Waals surface area (Å²) in [5.74, 6) is -0.302. The maximum atomic E-state index is 10.9. The van der Waals surface area contributed by atoms with E-state index in [0.29, 0.717) is 0 Å². The van der Waals surface area contributed by atoms with E-state index in [9.17, 15) is 4.79 Å². The molecule has 1 saturated heterocycles. The van der Waals surface area contributed by atoms with Crippen LogP contribution in [-0.4, -0.2) is 44.3 Å². The molecule has 0 amide bonds. The Kier molecular flexibility index (Phi) is 3.76. The van der Waals surface area contributed by atoms with Crippen molar-refractivity contribution in [1.82, 2.24) is 4.90 Å². The van der Waals surface area contributed by atoms with Crippen LogP contribution in [0.2, 0.25) is 0 Å². The Morgan fingerprint density at radius 1 is 1.46 bits per heavy atom. The Balaban J connectivity index is 2.49. The van der Waals surface area contributed by atoms with Crippen molar-refractivity contribution in [3.05, 3.63) is 11.8 Å². The largest absolute Gasteiger partial charge is 0.466 e. The molecule has 1 heterocycles. The highest BCUT2D eigenvalue weighted by Gasteiger charge is 2.11. The summed E-state index contributed by atoms with van der Waals surface area (Å²) in [5, 5.41) is 0. The van der Waals surface area contributed by atoms with Crippen LogP contribution in [0.3, 0.4) is 0 Å². The fourth-order valence-corrected chi connectivity index (χ4v) is 1.24. The molecule has 1 aliphatic rings. The van der Waals surface area contributed by atoms with E-state index in [2.05, 4.69) is 9.64 Å². The van der Waals surface area contributed by atoms with Gasteiger partial charge in [-0.25, -0.2) is 4.79 Å². The van der Waals surface area contributed by atoms with E-state index in [-0.39, 0.29) is 5.97 Å². The summed E-state index contributed by atoms with van der Waals surface area (Å²) in [7, 11) is 1.38. The Bertz CT molecular complexity index is 207. The van der Waals surface area contributed by atoms with Gasteiger partial charge in [-0.15, -0.1) is 0 Å². The number of esters is 1. The highest BCUT2D eigenvalue weighted by molar-refractivity contribution is 5.82. The normalized spacial score (nSPS) is 18.6. The van der Waals surface area contributed by atoms with E-state index in [4.69, 9.17) is 4.74 Å². The van der Waals surface area contributed by atoms with Gasteiger partial charge in [-0.1, -0.05) is 0 Å². The van der Waals surface area contributed by atoms with E-state index in [0.717, 1.165) is 32.0 Å². The number of carbonyl (C=O) groups excluding carboxylic acids is 1. The van der Waals surface area contributed by atoms with Crippen molar-refractivity contribution in [3.8, 4) is 0 Å². The summed E-state index contributed by atoms with van der Waals surface area (Å²) in [6.45, 7) is 5.06. The van der Waals surface area contributed by atoms with E-state index >= 15 is 0 Å². The number of nitrogens with zero attached hydrogens (tertiary/aromatic N) is 1. The molecule has 0 radical (unpaired) electrons. The van der Waals surface area contributed by atoms with Gasteiger partial charge in [0.1, 0.15) is 0 Å². The highest BCUT2D eigenvalue weighted by Crippen LogP contribution is 2.06. The first-order valence-electron chi connectivity index (χ1n) is 4.33. The second-order valence-electron chi connectivity index (χ2n) is 2.91. The standard InChI is InChI=1S/C9H15NO3/c1-8(7-9(11)12-2)10-3-5-13-6-4-10/h7H,3-6H2,1-2H3/b8-7+. The van der Waals surface area contributed by atoms with Gasteiger partial charge in [-0.3, -0.25) is 0 Å². The van der Waals surface area contributed by atoms with Gasteiger partial charge in [0, 0.05) is 24.9 Å². The van der Waals surface area contributed by atoms with Gasteiger partial charge >= 0.3 is 5.97 Å². The molecule has 0 unspecified atom stereocenters. The molecule has 0 aromatic rings. The Morgan fingerprint density at radius 3 is 2.62 bits per heavy atom. The van der Waals surface area contributed by atoms with Crippen LogP contribution < -0.4 is 0 Å². The summed E-state index contributed by atoms with van der Waals surface area (Å²) in [6, 6.07) is 0.